The van der Waals surface area contributed by atoms with Gasteiger partial charge in [-0.15, -0.1) is 0 Å². The Morgan fingerprint density at radius 1 is 1.25 bits per heavy atom. The summed E-state index contributed by atoms with van der Waals surface area (Å²) in [6.45, 7) is 0.371. The summed E-state index contributed by atoms with van der Waals surface area (Å²) in [6.07, 6.45) is 0. The molecule has 102 valence electrons. The molecule has 4 nitrogen and oxygen atoms in total. The van der Waals surface area contributed by atoms with Crippen LogP contribution in [0.15, 0.2) is 51.7 Å². The van der Waals surface area contributed by atoms with Crippen LogP contribution in [0.2, 0.25) is 5.02 Å². The minimum absolute atomic E-state index is 0.371. The molecule has 0 N–H and O–H groups in total. The van der Waals surface area contributed by atoms with Crippen molar-refractivity contribution >= 4 is 22.7 Å². The molecule has 1 heterocycles. The van der Waals surface area contributed by atoms with Gasteiger partial charge in [0, 0.05) is 10.6 Å². The highest BCUT2D eigenvalue weighted by molar-refractivity contribution is 6.31. The van der Waals surface area contributed by atoms with Gasteiger partial charge in [-0.1, -0.05) is 29.8 Å². The number of aromatic nitrogens is 1. The third-order valence-corrected chi connectivity index (χ3v) is 3.39. The van der Waals surface area contributed by atoms with Crippen LogP contribution in [0, 0.1) is 0 Å². The minimum atomic E-state index is -0.409. The summed E-state index contributed by atoms with van der Waals surface area (Å²) in [4.78, 5) is 12.0. The Hall–Kier alpha value is -2.20. The Bertz CT molecular complexity index is 819. The second kappa shape index (κ2) is 5.06. The first-order valence-corrected chi connectivity index (χ1v) is 6.47. The smallest absolute Gasteiger partial charge is 0.420 e. The molecule has 0 bridgehead atoms. The van der Waals surface area contributed by atoms with Crippen LogP contribution in [-0.4, -0.2) is 11.7 Å². The third kappa shape index (κ3) is 2.18. The van der Waals surface area contributed by atoms with Gasteiger partial charge in [0.2, 0.25) is 0 Å². The van der Waals surface area contributed by atoms with Crippen molar-refractivity contribution < 1.29 is 9.15 Å². The first kappa shape index (κ1) is 12.8. The molecule has 0 saturated carbocycles. The maximum absolute atomic E-state index is 12.0. The fraction of sp³-hybridized carbons (Fsp3) is 0.133. The summed E-state index contributed by atoms with van der Waals surface area (Å²) in [7, 11) is 1.60. The SMILES string of the molecule is COc1ccccc1Cn1c(=O)oc2ccc(Cl)cc21. The number of ether oxygens (including phenoxy) is 1. The molecular formula is C15H12ClNO3. The van der Waals surface area contributed by atoms with Crippen LogP contribution in [0.3, 0.4) is 0 Å². The molecule has 0 fully saturated rings. The lowest BCUT2D eigenvalue weighted by atomic mass is 10.2. The van der Waals surface area contributed by atoms with Crippen molar-refractivity contribution in [2.75, 3.05) is 7.11 Å². The average Bonchev–Trinajstić information content (AvgIpc) is 2.76. The van der Waals surface area contributed by atoms with Gasteiger partial charge in [0.1, 0.15) is 5.75 Å². The van der Waals surface area contributed by atoms with E-state index in [0.29, 0.717) is 22.7 Å². The van der Waals surface area contributed by atoms with Crippen LogP contribution in [0.4, 0.5) is 0 Å². The predicted octanol–water partition coefficient (Wildman–Crippen LogP) is 3.30. The molecule has 0 saturated heterocycles. The maximum Gasteiger partial charge on any atom is 0.420 e. The van der Waals surface area contributed by atoms with Crippen molar-refractivity contribution in [3.8, 4) is 5.75 Å². The highest BCUT2D eigenvalue weighted by Gasteiger charge is 2.12. The van der Waals surface area contributed by atoms with Crippen molar-refractivity contribution in [1.29, 1.82) is 0 Å². The van der Waals surface area contributed by atoms with Crippen LogP contribution in [0.25, 0.3) is 11.1 Å². The number of oxazole rings is 1. The molecule has 0 aliphatic rings. The number of methoxy groups -OCH3 is 1. The van der Waals surface area contributed by atoms with Crippen LogP contribution < -0.4 is 10.5 Å². The number of para-hydroxylation sites is 1. The maximum atomic E-state index is 12.0. The van der Waals surface area contributed by atoms with Crippen LogP contribution in [0.5, 0.6) is 5.75 Å². The molecule has 0 spiro atoms. The zero-order chi connectivity index (χ0) is 14.1. The Morgan fingerprint density at radius 3 is 2.85 bits per heavy atom. The van der Waals surface area contributed by atoms with Gasteiger partial charge in [-0.2, -0.15) is 0 Å². The molecule has 0 aliphatic carbocycles. The van der Waals surface area contributed by atoms with Crippen LogP contribution in [0.1, 0.15) is 5.56 Å². The first-order chi connectivity index (χ1) is 9.69. The molecule has 3 aromatic rings. The Kier molecular flexibility index (Phi) is 3.24. The summed E-state index contributed by atoms with van der Waals surface area (Å²) in [5.41, 5.74) is 2.10. The van der Waals surface area contributed by atoms with Gasteiger partial charge in [-0.3, -0.25) is 4.57 Å². The summed E-state index contributed by atoms with van der Waals surface area (Å²) < 4.78 is 12.0. The molecule has 0 amide bonds. The second-order valence-corrected chi connectivity index (χ2v) is 4.81. The van der Waals surface area contributed by atoms with Gasteiger partial charge in [-0.25, -0.2) is 4.79 Å². The highest BCUT2D eigenvalue weighted by atomic mass is 35.5. The van der Waals surface area contributed by atoms with E-state index in [-0.39, 0.29) is 0 Å². The Labute approximate surface area is 120 Å². The normalized spacial score (nSPS) is 10.9. The molecule has 0 atom stereocenters. The van der Waals surface area contributed by atoms with E-state index in [1.807, 2.05) is 24.3 Å². The summed E-state index contributed by atoms with van der Waals surface area (Å²) in [5.74, 6) is 0.323. The number of hydrogen-bond acceptors (Lipinski definition) is 3. The Morgan fingerprint density at radius 2 is 2.05 bits per heavy atom. The van der Waals surface area contributed by atoms with E-state index in [1.165, 1.54) is 0 Å². The topological polar surface area (TPSA) is 44.4 Å². The molecule has 5 heteroatoms. The van der Waals surface area contributed by atoms with Crippen molar-refractivity contribution in [3.05, 3.63) is 63.6 Å². The predicted molar refractivity (Wildman–Crippen MR) is 77.6 cm³/mol. The molecule has 3 rings (SSSR count). The fourth-order valence-corrected chi connectivity index (χ4v) is 2.36. The number of halogens is 1. The van der Waals surface area contributed by atoms with Gasteiger partial charge in [0.25, 0.3) is 0 Å². The van der Waals surface area contributed by atoms with E-state index < -0.39 is 5.76 Å². The van der Waals surface area contributed by atoms with Crippen LogP contribution in [-0.2, 0) is 6.54 Å². The molecular weight excluding hydrogens is 278 g/mol. The van der Waals surface area contributed by atoms with Crippen molar-refractivity contribution in [2.45, 2.75) is 6.54 Å². The van der Waals surface area contributed by atoms with E-state index >= 15 is 0 Å². The minimum Gasteiger partial charge on any atom is -0.496 e. The van der Waals surface area contributed by atoms with Gasteiger partial charge in [0.05, 0.1) is 19.2 Å². The number of fused-ring (bicyclic) bond motifs is 1. The van der Waals surface area contributed by atoms with E-state index in [9.17, 15) is 4.79 Å². The Balaban J connectivity index is 2.13. The van der Waals surface area contributed by atoms with E-state index in [2.05, 4.69) is 0 Å². The molecule has 0 aliphatic heterocycles. The zero-order valence-corrected chi connectivity index (χ0v) is 11.6. The monoisotopic (exact) mass is 289 g/mol. The van der Waals surface area contributed by atoms with Gasteiger partial charge < -0.3 is 9.15 Å². The van der Waals surface area contributed by atoms with Gasteiger partial charge in [-0.05, 0) is 24.3 Å². The van der Waals surface area contributed by atoms with E-state index in [1.54, 1.807) is 29.9 Å². The van der Waals surface area contributed by atoms with Gasteiger partial charge in [0.15, 0.2) is 5.58 Å². The van der Waals surface area contributed by atoms with Gasteiger partial charge >= 0.3 is 5.76 Å². The summed E-state index contributed by atoms with van der Waals surface area (Å²) in [6, 6.07) is 12.7. The van der Waals surface area contributed by atoms with Crippen molar-refractivity contribution in [2.24, 2.45) is 0 Å². The largest absolute Gasteiger partial charge is 0.496 e. The average molecular weight is 290 g/mol. The van der Waals surface area contributed by atoms with Crippen molar-refractivity contribution in [1.82, 2.24) is 4.57 Å². The van der Waals surface area contributed by atoms with Crippen LogP contribution >= 0.6 is 11.6 Å². The third-order valence-electron chi connectivity index (χ3n) is 3.15. The lowest BCUT2D eigenvalue weighted by molar-refractivity contribution is 0.407. The molecule has 0 radical (unpaired) electrons. The molecule has 1 aromatic heterocycles. The standard InChI is InChI=1S/C15H12ClNO3/c1-19-13-5-3-2-4-10(13)9-17-12-8-11(16)6-7-14(12)20-15(17)18/h2-8H,9H2,1H3. The molecule has 20 heavy (non-hydrogen) atoms. The van der Waals surface area contributed by atoms with E-state index in [0.717, 1.165) is 11.3 Å². The lowest BCUT2D eigenvalue weighted by Gasteiger charge is -2.08. The lowest BCUT2D eigenvalue weighted by Crippen LogP contribution is -2.15. The van der Waals surface area contributed by atoms with Crippen molar-refractivity contribution in [3.63, 3.8) is 0 Å². The van der Waals surface area contributed by atoms with E-state index in [4.69, 9.17) is 20.8 Å². The number of benzene rings is 2. The molecule has 2 aromatic carbocycles. The number of hydrogen-bond donors (Lipinski definition) is 0. The fourth-order valence-electron chi connectivity index (χ4n) is 2.19. The second-order valence-electron chi connectivity index (χ2n) is 4.38. The first-order valence-electron chi connectivity index (χ1n) is 6.10. The zero-order valence-electron chi connectivity index (χ0n) is 10.8. The summed E-state index contributed by atoms with van der Waals surface area (Å²) >= 11 is 5.98. The number of nitrogens with zero attached hydrogens (tertiary/aromatic N) is 1. The quantitative estimate of drug-likeness (QED) is 0.743. The highest BCUT2D eigenvalue weighted by Crippen LogP contribution is 2.22. The molecule has 0 unspecified atom stereocenters. The summed E-state index contributed by atoms with van der Waals surface area (Å²) in [5, 5.41) is 0.562. The number of rotatable bonds is 3.